The molecule has 1 amide bonds. The molecule has 0 unspecified atom stereocenters. The topological polar surface area (TPSA) is 59.8 Å². The first kappa shape index (κ1) is 20.6. The molecule has 0 saturated carbocycles. The van der Waals surface area contributed by atoms with Gasteiger partial charge >= 0.3 is 0 Å². The van der Waals surface area contributed by atoms with E-state index in [2.05, 4.69) is 19.2 Å². The van der Waals surface area contributed by atoms with Crippen molar-refractivity contribution in [2.24, 2.45) is 0 Å². The van der Waals surface area contributed by atoms with Gasteiger partial charge in [-0.05, 0) is 30.2 Å². The monoisotopic (exact) mass is 432 g/mol. The molecule has 0 spiro atoms. The molecule has 1 N–H and O–H groups in total. The van der Waals surface area contributed by atoms with Crippen molar-refractivity contribution in [3.8, 4) is 16.9 Å². The number of pyridine rings is 1. The van der Waals surface area contributed by atoms with E-state index in [-0.39, 0.29) is 11.8 Å². The van der Waals surface area contributed by atoms with Crippen LogP contribution in [0.3, 0.4) is 0 Å². The number of aromatic nitrogens is 3. The summed E-state index contributed by atoms with van der Waals surface area (Å²) in [4.78, 5) is 18.4. The Balaban J connectivity index is 1.59. The van der Waals surface area contributed by atoms with Crippen LogP contribution in [0.5, 0.6) is 0 Å². The summed E-state index contributed by atoms with van der Waals surface area (Å²) in [5.41, 5.74) is 4.89. The predicted molar refractivity (Wildman–Crippen MR) is 133 cm³/mol. The van der Waals surface area contributed by atoms with Crippen LogP contribution < -0.4 is 5.32 Å². The van der Waals surface area contributed by atoms with Gasteiger partial charge in [0, 0.05) is 17.0 Å². The van der Waals surface area contributed by atoms with Crippen molar-refractivity contribution < 1.29 is 4.79 Å². The van der Waals surface area contributed by atoms with Crippen LogP contribution >= 0.6 is 0 Å². The average Bonchev–Trinajstić information content (AvgIpc) is 3.28. The Morgan fingerprint density at radius 2 is 1.52 bits per heavy atom. The number of anilines is 1. The van der Waals surface area contributed by atoms with Gasteiger partial charge in [-0.1, -0.05) is 80.6 Å². The predicted octanol–water partition coefficient (Wildman–Crippen LogP) is 6.46. The van der Waals surface area contributed by atoms with Crippen LogP contribution in [0.15, 0.2) is 97.1 Å². The molecule has 2 aromatic heterocycles. The minimum atomic E-state index is -0.196. The van der Waals surface area contributed by atoms with Gasteiger partial charge in [-0.3, -0.25) is 4.79 Å². The Bertz CT molecular complexity index is 1420. The summed E-state index contributed by atoms with van der Waals surface area (Å²) in [5, 5.41) is 8.66. The van der Waals surface area contributed by atoms with Gasteiger partial charge in [-0.2, -0.15) is 5.10 Å². The molecular weight excluding hydrogens is 408 g/mol. The zero-order chi connectivity index (χ0) is 22.8. The van der Waals surface area contributed by atoms with Gasteiger partial charge in [-0.15, -0.1) is 0 Å². The highest BCUT2D eigenvalue weighted by Gasteiger charge is 2.18. The van der Waals surface area contributed by atoms with Gasteiger partial charge in [0.15, 0.2) is 0 Å². The Morgan fingerprint density at radius 1 is 0.848 bits per heavy atom. The summed E-state index contributed by atoms with van der Waals surface area (Å²) in [6, 6.07) is 31.3. The minimum absolute atomic E-state index is 0.196. The van der Waals surface area contributed by atoms with Gasteiger partial charge < -0.3 is 5.32 Å². The third kappa shape index (κ3) is 4.13. The summed E-state index contributed by atoms with van der Waals surface area (Å²) in [5.74, 6) is 0.673. The highest BCUT2D eigenvalue weighted by molar-refractivity contribution is 6.13. The maximum Gasteiger partial charge on any atom is 0.257 e. The molecule has 5 aromatic rings. The second-order valence-electron chi connectivity index (χ2n) is 8.25. The van der Waals surface area contributed by atoms with E-state index in [1.54, 1.807) is 4.68 Å². The summed E-state index contributed by atoms with van der Waals surface area (Å²) in [7, 11) is 0. The molecular formula is C28H24N4O. The number of benzene rings is 3. The molecule has 0 saturated heterocycles. The van der Waals surface area contributed by atoms with E-state index in [9.17, 15) is 4.79 Å². The fourth-order valence-corrected chi connectivity index (χ4v) is 3.84. The second-order valence-corrected chi connectivity index (χ2v) is 8.25. The van der Waals surface area contributed by atoms with Crippen LogP contribution in [0.2, 0.25) is 0 Å². The van der Waals surface area contributed by atoms with Crippen molar-refractivity contribution in [2.45, 2.75) is 19.8 Å². The Morgan fingerprint density at radius 3 is 2.24 bits per heavy atom. The largest absolute Gasteiger partial charge is 0.306 e. The molecule has 0 aliphatic heterocycles. The van der Waals surface area contributed by atoms with Crippen molar-refractivity contribution in [3.05, 3.63) is 108 Å². The maximum absolute atomic E-state index is 13.6. The van der Waals surface area contributed by atoms with E-state index >= 15 is 0 Å². The summed E-state index contributed by atoms with van der Waals surface area (Å²) < 4.78 is 1.79. The molecule has 0 radical (unpaired) electrons. The molecule has 5 heteroatoms. The molecule has 33 heavy (non-hydrogen) atoms. The quantitative estimate of drug-likeness (QED) is 0.347. The molecule has 5 nitrogen and oxygen atoms in total. The number of hydrogen-bond donors (Lipinski definition) is 1. The van der Waals surface area contributed by atoms with Crippen LogP contribution in [0.25, 0.3) is 27.8 Å². The molecule has 0 fully saturated rings. The van der Waals surface area contributed by atoms with Crippen LogP contribution in [-0.4, -0.2) is 20.7 Å². The molecule has 3 aromatic carbocycles. The molecule has 5 rings (SSSR count). The third-order valence-corrected chi connectivity index (χ3v) is 5.59. The second kappa shape index (κ2) is 8.71. The molecule has 0 aliphatic carbocycles. The van der Waals surface area contributed by atoms with Gasteiger partial charge in [0.2, 0.25) is 0 Å². The normalized spacial score (nSPS) is 11.1. The summed E-state index contributed by atoms with van der Waals surface area (Å²) in [6.45, 7) is 4.18. The first-order valence-corrected chi connectivity index (χ1v) is 11.0. The summed E-state index contributed by atoms with van der Waals surface area (Å²) >= 11 is 0. The Hall–Kier alpha value is -4.25. The van der Waals surface area contributed by atoms with E-state index < -0.39 is 0 Å². The zero-order valence-corrected chi connectivity index (χ0v) is 18.6. The number of rotatable bonds is 5. The lowest BCUT2D eigenvalue weighted by atomic mass is 10.0. The summed E-state index contributed by atoms with van der Waals surface area (Å²) in [6.07, 6.45) is 0. The van der Waals surface area contributed by atoms with E-state index in [1.807, 2.05) is 97.1 Å². The van der Waals surface area contributed by atoms with Crippen LogP contribution in [-0.2, 0) is 0 Å². The Kier molecular flexibility index (Phi) is 5.45. The lowest BCUT2D eigenvalue weighted by molar-refractivity contribution is 0.102. The molecule has 162 valence electrons. The molecule has 2 heterocycles. The van der Waals surface area contributed by atoms with Gasteiger partial charge in [0.05, 0.1) is 28.2 Å². The van der Waals surface area contributed by atoms with E-state index in [0.29, 0.717) is 11.4 Å². The highest BCUT2D eigenvalue weighted by atomic mass is 16.1. The van der Waals surface area contributed by atoms with Gasteiger partial charge in [-0.25, -0.2) is 9.67 Å². The highest BCUT2D eigenvalue weighted by Crippen LogP contribution is 2.27. The smallest absolute Gasteiger partial charge is 0.257 e. The van der Waals surface area contributed by atoms with Gasteiger partial charge in [0.25, 0.3) is 5.91 Å². The van der Waals surface area contributed by atoms with Crippen molar-refractivity contribution in [3.63, 3.8) is 0 Å². The molecule has 0 aliphatic rings. The minimum Gasteiger partial charge on any atom is -0.306 e. The lowest BCUT2D eigenvalue weighted by Gasteiger charge is -2.12. The van der Waals surface area contributed by atoms with E-state index in [1.165, 1.54) is 0 Å². The number of para-hydroxylation sites is 2. The number of nitrogens with zero attached hydrogens (tertiary/aromatic N) is 3. The maximum atomic E-state index is 13.6. The molecule has 0 atom stereocenters. The number of amides is 1. The zero-order valence-electron chi connectivity index (χ0n) is 18.6. The lowest BCUT2D eigenvalue weighted by Crippen LogP contribution is -2.16. The van der Waals surface area contributed by atoms with Gasteiger partial charge in [0.1, 0.15) is 5.82 Å². The number of carbonyl (C=O) groups excluding carboxylic acids is 1. The number of carbonyl (C=O) groups is 1. The fraction of sp³-hybridized carbons (Fsp3) is 0.107. The average molecular weight is 433 g/mol. The van der Waals surface area contributed by atoms with Crippen molar-refractivity contribution in [1.29, 1.82) is 0 Å². The van der Waals surface area contributed by atoms with Crippen LogP contribution in [0.1, 0.15) is 35.8 Å². The third-order valence-electron chi connectivity index (χ3n) is 5.59. The van der Waals surface area contributed by atoms with Crippen LogP contribution in [0.4, 0.5) is 5.82 Å². The van der Waals surface area contributed by atoms with E-state index in [4.69, 9.17) is 10.1 Å². The molecule has 0 bridgehead atoms. The van der Waals surface area contributed by atoms with E-state index in [0.717, 1.165) is 33.5 Å². The first-order chi connectivity index (χ1) is 16.1. The van der Waals surface area contributed by atoms with Crippen molar-refractivity contribution >= 4 is 22.6 Å². The standard InChI is InChI=1S/C28H24N4O/c1-19(2)25-18-27(32(31-25)21-13-7-4-8-14-21)30-28(33)23-17-26(20-11-5-3-6-12-20)29-24-16-10-9-15-22(23)24/h3-19H,1-2H3,(H,30,33). The first-order valence-electron chi connectivity index (χ1n) is 11.0. The number of hydrogen-bond acceptors (Lipinski definition) is 3. The van der Waals surface area contributed by atoms with Crippen molar-refractivity contribution in [1.82, 2.24) is 14.8 Å². The van der Waals surface area contributed by atoms with Crippen LogP contribution in [0, 0.1) is 0 Å². The Labute approximate surface area is 192 Å². The SMILES string of the molecule is CC(C)c1cc(NC(=O)c2cc(-c3ccccc3)nc3ccccc23)n(-c2ccccc2)n1. The fourth-order valence-electron chi connectivity index (χ4n) is 3.84. The number of nitrogens with one attached hydrogen (secondary N) is 1. The van der Waals surface area contributed by atoms with Crippen molar-refractivity contribution in [2.75, 3.05) is 5.32 Å². The number of fused-ring (bicyclic) bond motifs is 1.